The molecule has 0 bridgehead atoms. The first-order chi connectivity index (χ1) is 15.9. The molecule has 4 aromatic rings. The van der Waals surface area contributed by atoms with Gasteiger partial charge in [0.25, 0.3) is 0 Å². The molecule has 1 aliphatic rings. The van der Waals surface area contributed by atoms with E-state index in [9.17, 15) is 18.3 Å². The van der Waals surface area contributed by atoms with Crippen LogP contribution in [0.2, 0.25) is 0 Å². The number of phenols is 1. The second-order valence-corrected chi connectivity index (χ2v) is 8.40. The van der Waals surface area contributed by atoms with Gasteiger partial charge in [0.2, 0.25) is 0 Å². The minimum absolute atomic E-state index is 0.0879. The molecule has 0 spiro atoms. The van der Waals surface area contributed by atoms with Gasteiger partial charge in [-0.2, -0.15) is 13.2 Å². The van der Waals surface area contributed by atoms with Gasteiger partial charge in [-0.3, -0.25) is 0 Å². The maximum Gasteiger partial charge on any atom is 0.416 e. The Balaban J connectivity index is 1.48. The van der Waals surface area contributed by atoms with Crippen molar-refractivity contribution in [1.82, 2.24) is 5.01 Å². The van der Waals surface area contributed by atoms with Gasteiger partial charge in [0.1, 0.15) is 5.75 Å². The van der Waals surface area contributed by atoms with Crippen LogP contribution in [0.1, 0.15) is 34.7 Å². The van der Waals surface area contributed by atoms with Crippen molar-refractivity contribution < 1.29 is 18.3 Å². The molecule has 1 atom stereocenters. The van der Waals surface area contributed by atoms with E-state index in [1.807, 2.05) is 47.5 Å². The Morgan fingerprint density at radius 3 is 2.52 bits per heavy atom. The van der Waals surface area contributed by atoms with E-state index in [0.717, 1.165) is 34.9 Å². The summed E-state index contributed by atoms with van der Waals surface area (Å²) < 4.78 is 40.0. The topological polar surface area (TPSA) is 35.5 Å². The number of nitrogens with zero attached hydrogens (tertiary/aromatic N) is 1. The molecule has 1 aliphatic heterocycles. The first kappa shape index (κ1) is 21.3. The largest absolute Gasteiger partial charge is 0.508 e. The molecule has 6 heteroatoms. The van der Waals surface area contributed by atoms with Crippen LogP contribution in [-0.2, 0) is 19.1 Å². The van der Waals surface area contributed by atoms with Gasteiger partial charge in [-0.25, -0.2) is 5.01 Å². The summed E-state index contributed by atoms with van der Waals surface area (Å²) in [6, 6.07) is 25.0. The maximum atomic E-state index is 13.3. The zero-order valence-corrected chi connectivity index (χ0v) is 17.8. The Kier molecular flexibility index (Phi) is 5.46. The summed E-state index contributed by atoms with van der Waals surface area (Å²) in [5.41, 5.74) is 6.40. The van der Waals surface area contributed by atoms with E-state index in [2.05, 4.69) is 17.6 Å². The SMILES string of the molecule is Oc1ccc2cccc(NN3Cc4cc(C(F)(F)F)ccc4C3CCc3ccccc3)c2c1. The lowest BCUT2D eigenvalue weighted by molar-refractivity contribution is -0.137. The lowest BCUT2D eigenvalue weighted by Gasteiger charge is -2.27. The fourth-order valence-corrected chi connectivity index (χ4v) is 4.60. The molecule has 0 aliphatic carbocycles. The number of anilines is 1. The van der Waals surface area contributed by atoms with E-state index in [1.165, 1.54) is 17.7 Å². The average Bonchev–Trinajstić information content (AvgIpc) is 3.14. The molecular formula is C27H23F3N2O. The Labute approximate surface area is 190 Å². The molecule has 0 fully saturated rings. The summed E-state index contributed by atoms with van der Waals surface area (Å²) in [6.45, 7) is 0.355. The number of alkyl halides is 3. The van der Waals surface area contributed by atoms with Gasteiger partial charge in [-0.15, -0.1) is 0 Å². The van der Waals surface area contributed by atoms with Crippen molar-refractivity contribution in [2.45, 2.75) is 31.6 Å². The van der Waals surface area contributed by atoms with Crippen molar-refractivity contribution >= 4 is 16.5 Å². The van der Waals surface area contributed by atoms with Gasteiger partial charge < -0.3 is 10.5 Å². The number of hydrogen-bond acceptors (Lipinski definition) is 3. The molecule has 0 aromatic heterocycles. The number of rotatable bonds is 5. The summed E-state index contributed by atoms with van der Waals surface area (Å²) in [7, 11) is 0. The summed E-state index contributed by atoms with van der Waals surface area (Å²) in [5.74, 6) is 0.164. The normalized spacial score (nSPS) is 16.2. The van der Waals surface area contributed by atoms with E-state index in [0.29, 0.717) is 12.1 Å². The van der Waals surface area contributed by atoms with Gasteiger partial charge >= 0.3 is 6.18 Å². The Hall–Kier alpha value is -3.51. The number of phenolic OH excluding ortho intramolecular Hbond substituents is 1. The first-order valence-electron chi connectivity index (χ1n) is 10.9. The van der Waals surface area contributed by atoms with Crippen LogP contribution in [0.5, 0.6) is 5.75 Å². The maximum absolute atomic E-state index is 13.3. The number of aryl methyl sites for hydroxylation is 1. The van der Waals surface area contributed by atoms with E-state index in [-0.39, 0.29) is 11.8 Å². The summed E-state index contributed by atoms with van der Waals surface area (Å²) in [4.78, 5) is 0. The summed E-state index contributed by atoms with van der Waals surface area (Å²) >= 11 is 0. The van der Waals surface area contributed by atoms with Crippen LogP contribution in [0.3, 0.4) is 0 Å². The van der Waals surface area contributed by atoms with E-state index in [4.69, 9.17) is 0 Å². The lowest BCUT2D eigenvalue weighted by atomic mass is 9.97. The fraction of sp³-hybridized carbons (Fsp3) is 0.185. The molecule has 0 saturated heterocycles. The average molecular weight is 448 g/mol. The molecule has 0 amide bonds. The van der Waals surface area contributed by atoms with Crippen LogP contribution in [-0.4, -0.2) is 10.1 Å². The highest BCUT2D eigenvalue weighted by Crippen LogP contribution is 2.41. The van der Waals surface area contributed by atoms with E-state index in [1.54, 1.807) is 18.2 Å². The quantitative estimate of drug-likeness (QED) is 0.342. The fourth-order valence-electron chi connectivity index (χ4n) is 4.60. The van der Waals surface area contributed by atoms with Crippen LogP contribution in [0.25, 0.3) is 10.8 Å². The molecule has 0 radical (unpaired) electrons. The molecule has 3 nitrogen and oxygen atoms in total. The number of nitrogens with one attached hydrogen (secondary N) is 1. The van der Waals surface area contributed by atoms with Gasteiger partial charge in [0, 0.05) is 11.9 Å². The molecule has 4 aromatic carbocycles. The number of benzene rings is 4. The molecular weight excluding hydrogens is 425 g/mol. The second-order valence-electron chi connectivity index (χ2n) is 8.40. The monoisotopic (exact) mass is 448 g/mol. The van der Waals surface area contributed by atoms with Crippen molar-refractivity contribution in [2.75, 3.05) is 5.43 Å². The van der Waals surface area contributed by atoms with Crippen LogP contribution < -0.4 is 5.43 Å². The Bertz CT molecular complexity index is 1290. The molecule has 0 saturated carbocycles. The van der Waals surface area contributed by atoms with Crippen LogP contribution >= 0.6 is 0 Å². The third-order valence-electron chi connectivity index (χ3n) is 6.23. The predicted molar refractivity (Wildman–Crippen MR) is 124 cm³/mol. The molecule has 2 N–H and O–H groups in total. The molecule has 33 heavy (non-hydrogen) atoms. The van der Waals surface area contributed by atoms with Gasteiger partial charge in [0.05, 0.1) is 17.3 Å². The second kappa shape index (κ2) is 8.45. The molecule has 1 heterocycles. The van der Waals surface area contributed by atoms with Crippen molar-refractivity contribution in [3.05, 3.63) is 107 Å². The van der Waals surface area contributed by atoms with E-state index >= 15 is 0 Å². The van der Waals surface area contributed by atoms with Crippen molar-refractivity contribution in [1.29, 1.82) is 0 Å². The third kappa shape index (κ3) is 4.39. The molecule has 5 rings (SSSR count). The highest BCUT2D eigenvalue weighted by molar-refractivity contribution is 5.94. The Morgan fingerprint density at radius 1 is 0.909 bits per heavy atom. The van der Waals surface area contributed by atoms with Crippen LogP contribution in [0.15, 0.2) is 84.9 Å². The first-order valence-corrected chi connectivity index (χ1v) is 10.9. The van der Waals surface area contributed by atoms with Gasteiger partial charge in [0.15, 0.2) is 0 Å². The van der Waals surface area contributed by atoms with Crippen molar-refractivity contribution in [3.63, 3.8) is 0 Å². The molecule has 1 unspecified atom stereocenters. The number of aromatic hydroxyl groups is 1. The smallest absolute Gasteiger partial charge is 0.416 e. The lowest BCUT2D eigenvalue weighted by Crippen LogP contribution is -2.29. The number of halogens is 3. The minimum Gasteiger partial charge on any atom is -0.508 e. The summed E-state index contributed by atoms with van der Waals surface area (Å²) in [5, 5.41) is 13.8. The van der Waals surface area contributed by atoms with Gasteiger partial charge in [-0.05, 0) is 65.3 Å². The highest BCUT2D eigenvalue weighted by Gasteiger charge is 2.35. The standard InChI is InChI=1S/C27H23F3N2O/c28-27(29,30)21-11-13-23-20(15-21)17-32(26(23)14-9-18-5-2-1-3-6-18)31-25-8-4-7-19-10-12-22(33)16-24(19)25/h1-8,10-13,15-16,26,31,33H,9,14,17H2. The Morgan fingerprint density at radius 2 is 1.73 bits per heavy atom. The number of hydrogen-bond donors (Lipinski definition) is 2. The van der Waals surface area contributed by atoms with Crippen LogP contribution in [0.4, 0.5) is 18.9 Å². The van der Waals surface area contributed by atoms with Crippen molar-refractivity contribution in [3.8, 4) is 5.75 Å². The minimum atomic E-state index is -4.37. The predicted octanol–water partition coefficient (Wildman–Crippen LogP) is 7.08. The zero-order valence-electron chi connectivity index (χ0n) is 17.8. The van der Waals surface area contributed by atoms with Crippen LogP contribution in [0, 0.1) is 0 Å². The highest BCUT2D eigenvalue weighted by atomic mass is 19.4. The number of hydrazine groups is 1. The molecule has 168 valence electrons. The number of fused-ring (bicyclic) bond motifs is 2. The van der Waals surface area contributed by atoms with Crippen molar-refractivity contribution in [2.24, 2.45) is 0 Å². The van der Waals surface area contributed by atoms with E-state index < -0.39 is 11.7 Å². The van der Waals surface area contributed by atoms with Gasteiger partial charge in [-0.1, -0.05) is 54.6 Å². The third-order valence-corrected chi connectivity index (χ3v) is 6.23. The zero-order chi connectivity index (χ0) is 23.0. The summed E-state index contributed by atoms with van der Waals surface area (Å²) in [6.07, 6.45) is -2.81.